The van der Waals surface area contributed by atoms with Gasteiger partial charge in [0, 0.05) is 24.5 Å². The third-order valence-electron chi connectivity index (χ3n) is 4.17. The Morgan fingerprint density at radius 3 is 2.88 bits per heavy atom. The number of ketones is 1. The third-order valence-corrected chi connectivity index (χ3v) is 5.56. The van der Waals surface area contributed by atoms with Crippen LogP contribution in [-0.2, 0) is 12.8 Å². The molecule has 1 aliphatic rings. The number of H-pyrrole nitrogens is 1. The molecule has 0 aliphatic carbocycles. The maximum absolute atomic E-state index is 12.1. The average molecular weight is 344 g/mol. The van der Waals surface area contributed by atoms with E-state index in [1.165, 1.54) is 10.5 Å². The first kappa shape index (κ1) is 16.4. The third kappa shape index (κ3) is 3.12. The molecule has 126 valence electrons. The summed E-state index contributed by atoms with van der Waals surface area (Å²) in [5.41, 5.74) is 8.41. The molecular weight excluding hydrogens is 324 g/mol. The molecule has 2 aromatic heterocycles. The van der Waals surface area contributed by atoms with Crippen LogP contribution in [0.2, 0.25) is 0 Å². The Morgan fingerprint density at radius 1 is 1.46 bits per heavy atom. The van der Waals surface area contributed by atoms with Crippen molar-refractivity contribution in [1.82, 2.24) is 9.97 Å². The van der Waals surface area contributed by atoms with E-state index in [0.29, 0.717) is 17.8 Å². The van der Waals surface area contributed by atoms with Crippen LogP contribution in [-0.4, -0.2) is 22.8 Å². The fraction of sp³-hybridized carbons (Fsp3) is 0.353. The number of allylic oxidation sites excluding steroid dienone is 1. The Balaban J connectivity index is 1.78. The SMILES string of the molecule is CC(=O)c1cc(C)c(CCC2=CN(C)c3nc(N)[nH]c(=O)c3C2)s1. The van der Waals surface area contributed by atoms with E-state index in [1.54, 1.807) is 18.3 Å². The van der Waals surface area contributed by atoms with Gasteiger partial charge >= 0.3 is 0 Å². The molecule has 2 aromatic rings. The summed E-state index contributed by atoms with van der Waals surface area (Å²) in [6.45, 7) is 3.63. The predicted octanol–water partition coefficient (Wildman–Crippen LogP) is 2.43. The number of fused-ring (bicyclic) bond motifs is 1. The van der Waals surface area contributed by atoms with Gasteiger partial charge in [0.15, 0.2) is 5.78 Å². The number of Topliss-reactive ketones (excluding diaryl/α,β-unsaturated/α-hetero) is 1. The number of hydrogen-bond acceptors (Lipinski definition) is 6. The van der Waals surface area contributed by atoms with Gasteiger partial charge in [-0.15, -0.1) is 11.3 Å². The Labute approximate surface area is 144 Å². The number of nitrogen functional groups attached to an aromatic ring is 1. The molecule has 3 heterocycles. The monoisotopic (exact) mass is 344 g/mol. The van der Waals surface area contributed by atoms with Gasteiger partial charge in [-0.05, 0) is 43.9 Å². The standard InChI is InChI=1S/C17H20N4O2S/c1-9-6-14(10(2)22)24-13(9)5-4-11-7-12-15(21(3)8-11)19-17(18)20-16(12)23/h6,8H,4-5,7H2,1-3H3,(H3,18,19,20,23). The van der Waals surface area contributed by atoms with Crippen molar-refractivity contribution in [3.8, 4) is 0 Å². The fourth-order valence-electron chi connectivity index (χ4n) is 2.93. The first-order chi connectivity index (χ1) is 11.3. The van der Waals surface area contributed by atoms with Gasteiger partial charge in [0.2, 0.25) is 5.95 Å². The van der Waals surface area contributed by atoms with E-state index >= 15 is 0 Å². The number of aromatic nitrogens is 2. The molecular formula is C17H20N4O2S. The lowest BCUT2D eigenvalue weighted by Gasteiger charge is -2.24. The predicted molar refractivity (Wildman–Crippen MR) is 96.8 cm³/mol. The zero-order chi connectivity index (χ0) is 17.4. The van der Waals surface area contributed by atoms with Gasteiger partial charge < -0.3 is 10.6 Å². The molecule has 0 bridgehead atoms. The second-order valence-electron chi connectivity index (χ2n) is 6.10. The van der Waals surface area contributed by atoms with Crippen LogP contribution in [0.5, 0.6) is 0 Å². The van der Waals surface area contributed by atoms with Gasteiger partial charge in [-0.3, -0.25) is 14.6 Å². The highest BCUT2D eigenvalue weighted by molar-refractivity contribution is 7.14. The molecule has 0 atom stereocenters. The minimum Gasteiger partial charge on any atom is -0.369 e. The largest absolute Gasteiger partial charge is 0.369 e. The Kier molecular flexibility index (Phi) is 4.28. The topological polar surface area (TPSA) is 92.1 Å². The maximum atomic E-state index is 12.1. The summed E-state index contributed by atoms with van der Waals surface area (Å²) < 4.78 is 0. The molecule has 6 nitrogen and oxygen atoms in total. The summed E-state index contributed by atoms with van der Waals surface area (Å²) in [5.74, 6) is 0.856. The number of aromatic amines is 1. The smallest absolute Gasteiger partial charge is 0.257 e. The Hall–Kier alpha value is -2.41. The molecule has 0 fully saturated rings. The van der Waals surface area contributed by atoms with Crippen molar-refractivity contribution < 1.29 is 4.79 Å². The lowest BCUT2D eigenvalue weighted by atomic mass is 9.99. The van der Waals surface area contributed by atoms with E-state index in [4.69, 9.17) is 5.73 Å². The number of carbonyl (C=O) groups is 1. The highest BCUT2D eigenvalue weighted by atomic mass is 32.1. The van der Waals surface area contributed by atoms with Crippen molar-refractivity contribution >= 4 is 28.9 Å². The second kappa shape index (κ2) is 6.24. The van der Waals surface area contributed by atoms with Crippen LogP contribution in [0.1, 0.15) is 39.0 Å². The van der Waals surface area contributed by atoms with Crippen molar-refractivity contribution in [1.29, 1.82) is 0 Å². The minimum absolute atomic E-state index is 0.107. The lowest BCUT2D eigenvalue weighted by molar-refractivity contribution is 0.102. The van der Waals surface area contributed by atoms with E-state index < -0.39 is 0 Å². The van der Waals surface area contributed by atoms with Crippen LogP contribution in [0.3, 0.4) is 0 Å². The fourth-order valence-corrected chi connectivity index (χ4v) is 4.00. The van der Waals surface area contributed by atoms with Crippen LogP contribution in [0, 0.1) is 6.92 Å². The molecule has 0 spiro atoms. The Bertz CT molecular complexity index is 894. The molecule has 1 aliphatic heterocycles. The lowest BCUT2D eigenvalue weighted by Crippen LogP contribution is -2.27. The van der Waals surface area contributed by atoms with Crippen LogP contribution in [0.15, 0.2) is 22.6 Å². The minimum atomic E-state index is -0.180. The number of nitrogens with one attached hydrogen (secondary N) is 1. The number of anilines is 2. The second-order valence-corrected chi connectivity index (χ2v) is 7.24. The van der Waals surface area contributed by atoms with Crippen LogP contribution >= 0.6 is 11.3 Å². The number of carbonyl (C=O) groups excluding carboxylic acids is 1. The zero-order valence-corrected chi connectivity index (χ0v) is 14.8. The summed E-state index contributed by atoms with van der Waals surface area (Å²) >= 11 is 1.56. The zero-order valence-electron chi connectivity index (χ0n) is 14.0. The van der Waals surface area contributed by atoms with Gasteiger partial charge in [-0.1, -0.05) is 0 Å². The highest BCUT2D eigenvalue weighted by Crippen LogP contribution is 2.29. The van der Waals surface area contributed by atoms with Crippen molar-refractivity contribution in [2.75, 3.05) is 17.7 Å². The van der Waals surface area contributed by atoms with E-state index in [9.17, 15) is 9.59 Å². The average Bonchev–Trinajstić information content (AvgIpc) is 2.88. The molecule has 0 saturated heterocycles. The summed E-state index contributed by atoms with van der Waals surface area (Å²) in [6.07, 6.45) is 4.29. The molecule has 0 radical (unpaired) electrons. The van der Waals surface area contributed by atoms with Crippen LogP contribution in [0.25, 0.3) is 0 Å². The van der Waals surface area contributed by atoms with Gasteiger partial charge in [-0.25, -0.2) is 0 Å². The molecule has 7 heteroatoms. The molecule has 3 N–H and O–H groups in total. The number of hydrogen-bond donors (Lipinski definition) is 2. The maximum Gasteiger partial charge on any atom is 0.257 e. The summed E-state index contributed by atoms with van der Waals surface area (Å²) in [4.78, 5) is 34.3. The van der Waals surface area contributed by atoms with Crippen LogP contribution < -0.4 is 16.2 Å². The summed E-state index contributed by atoms with van der Waals surface area (Å²) in [6, 6.07) is 1.95. The number of thiophene rings is 1. The summed E-state index contributed by atoms with van der Waals surface area (Å²) in [5, 5.41) is 0. The first-order valence-corrected chi connectivity index (χ1v) is 8.58. The van der Waals surface area contributed by atoms with Gasteiger partial charge in [-0.2, -0.15) is 4.98 Å². The molecule has 0 aromatic carbocycles. The molecule has 3 rings (SSSR count). The van der Waals surface area contributed by atoms with E-state index in [1.807, 2.05) is 31.1 Å². The van der Waals surface area contributed by atoms with Crippen molar-refractivity contribution in [2.45, 2.75) is 33.1 Å². The van der Waals surface area contributed by atoms with E-state index in [0.717, 1.165) is 23.3 Å². The summed E-state index contributed by atoms with van der Waals surface area (Å²) in [7, 11) is 1.87. The molecule has 0 amide bonds. The number of nitrogens with zero attached hydrogens (tertiary/aromatic N) is 2. The van der Waals surface area contributed by atoms with Crippen LogP contribution in [0.4, 0.5) is 11.8 Å². The highest BCUT2D eigenvalue weighted by Gasteiger charge is 2.20. The van der Waals surface area contributed by atoms with E-state index in [-0.39, 0.29) is 17.3 Å². The number of rotatable bonds is 4. The van der Waals surface area contributed by atoms with Crippen molar-refractivity contribution in [3.05, 3.63) is 49.1 Å². The van der Waals surface area contributed by atoms with E-state index in [2.05, 4.69) is 9.97 Å². The van der Waals surface area contributed by atoms with Crippen molar-refractivity contribution in [3.63, 3.8) is 0 Å². The van der Waals surface area contributed by atoms with Gasteiger partial charge in [0.05, 0.1) is 10.4 Å². The normalized spacial score (nSPS) is 13.6. The Morgan fingerprint density at radius 2 is 2.21 bits per heavy atom. The first-order valence-electron chi connectivity index (χ1n) is 7.76. The quantitative estimate of drug-likeness (QED) is 0.831. The molecule has 24 heavy (non-hydrogen) atoms. The molecule has 0 saturated carbocycles. The van der Waals surface area contributed by atoms with Gasteiger partial charge in [0.1, 0.15) is 5.82 Å². The number of nitrogens with two attached hydrogens (primary N) is 1. The van der Waals surface area contributed by atoms with Crippen molar-refractivity contribution in [2.24, 2.45) is 0 Å². The molecule has 0 unspecified atom stereocenters. The number of aryl methyl sites for hydroxylation is 2. The van der Waals surface area contributed by atoms with Gasteiger partial charge in [0.25, 0.3) is 5.56 Å².